The molecule has 2 fully saturated rings. The molecule has 30 heavy (non-hydrogen) atoms. The molecule has 2 saturated carbocycles. The molecule has 0 N–H and O–H groups in total. The van der Waals surface area contributed by atoms with Crippen LogP contribution in [-0.2, 0) is 35.2 Å². The summed E-state index contributed by atoms with van der Waals surface area (Å²) in [6, 6.07) is 20.3. The predicted molar refractivity (Wildman–Crippen MR) is 125 cm³/mol. The van der Waals surface area contributed by atoms with Gasteiger partial charge in [-0.2, -0.15) is 0 Å². The van der Waals surface area contributed by atoms with Gasteiger partial charge in [0.25, 0.3) is 0 Å². The maximum Gasteiger partial charge on any atom is 0 e. The van der Waals surface area contributed by atoms with E-state index < -0.39 is 0 Å². The van der Waals surface area contributed by atoms with Crippen molar-refractivity contribution in [2.45, 2.75) is 51.4 Å². The largest absolute Gasteiger partial charge is 0 e. The van der Waals surface area contributed by atoms with Crippen LogP contribution < -0.4 is 0 Å². The minimum absolute atomic E-state index is 0. The minimum Gasteiger partial charge on any atom is 0 e. The van der Waals surface area contributed by atoms with E-state index in [9.17, 15) is 0 Å². The molecule has 0 amide bonds. The zero-order valence-electron chi connectivity index (χ0n) is 17.7. The molecule has 0 radical (unpaired) electrons. The molecule has 4 rings (SSSR count). The average molecular weight is 559 g/mol. The molecule has 0 spiro atoms. The van der Waals surface area contributed by atoms with Gasteiger partial charge in [0.2, 0.25) is 0 Å². The van der Waals surface area contributed by atoms with Crippen molar-refractivity contribution in [1.82, 2.24) is 0 Å². The van der Waals surface area contributed by atoms with Crippen molar-refractivity contribution in [3.8, 4) is 0 Å². The van der Waals surface area contributed by atoms with Gasteiger partial charge in [-0.05, 0) is 37.1 Å². The molecule has 2 atom stereocenters. The third kappa shape index (κ3) is 11.6. The van der Waals surface area contributed by atoms with Gasteiger partial charge in [0, 0.05) is 41.3 Å². The van der Waals surface area contributed by atoms with Crippen molar-refractivity contribution < 1.29 is 35.2 Å². The number of benzene rings is 2. The number of aliphatic imine (C=N–C) groups is 2. The maximum atomic E-state index is 4.61. The summed E-state index contributed by atoms with van der Waals surface area (Å²) in [4.78, 5) is 9.21. The first kappa shape index (κ1) is 29.3. The molecule has 5 heteroatoms. The van der Waals surface area contributed by atoms with E-state index in [0.29, 0.717) is 11.8 Å². The molecule has 2 aliphatic carbocycles. The number of halogens is 1. The maximum absolute atomic E-state index is 4.61. The fraction of sp³-hybridized carbons (Fsp3) is 0.400. The Morgan fingerprint density at radius 3 is 1.30 bits per heavy atom. The van der Waals surface area contributed by atoms with Crippen molar-refractivity contribution >= 4 is 33.3 Å². The van der Waals surface area contributed by atoms with Crippen LogP contribution >= 0.6 is 9.53 Å². The van der Waals surface area contributed by atoms with Crippen molar-refractivity contribution in [3.63, 3.8) is 0 Å². The van der Waals surface area contributed by atoms with Crippen molar-refractivity contribution in [2.24, 2.45) is 21.8 Å². The summed E-state index contributed by atoms with van der Waals surface area (Å²) in [7, 11) is 4.49. The number of rotatable bonds is 4. The van der Waals surface area contributed by atoms with Crippen LogP contribution in [0, 0.1) is 19.3 Å². The predicted octanol–water partition coefficient (Wildman–Crippen LogP) is 8.29. The fourth-order valence-electron chi connectivity index (χ4n) is 3.66. The minimum atomic E-state index is 0. The summed E-state index contributed by atoms with van der Waals surface area (Å²) in [5.41, 5.74) is 2.06. The summed E-state index contributed by atoms with van der Waals surface area (Å²) >= 11 is 2.22. The van der Waals surface area contributed by atoms with Crippen LogP contribution in [0.25, 0.3) is 0 Å². The molecule has 2 unspecified atom stereocenters. The SMILES string of the molecule is C(=Nc1ccccc1)C1CCCC1C=Nc1ccccc1.C1CCCC1.[CH3-].[Cl][Pd+].[Fe]. The van der Waals surface area contributed by atoms with Crippen LogP contribution in [-0.4, -0.2) is 12.4 Å². The second kappa shape index (κ2) is 19.0. The molecular formula is C25H33ClFeN2Pd. The monoisotopic (exact) mass is 558 g/mol. The Hall–Kier alpha value is -0.748. The molecule has 0 bridgehead atoms. The van der Waals surface area contributed by atoms with E-state index in [1.807, 2.05) is 60.7 Å². The van der Waals surface area contributed by atoms with Gasteiger partial charge >= 0.3 is 27.7 Å². The molecule has 0 heterocycles. The van der Waals surface area contributed by atoms with Gasteiger partial charge in [0.1, 0.15) is 0 Å². The topological polar surface area (TPSA) is 24.7 Å². The fourth-order valence-corrected chi connectivity index (χ4v) is 3.66. The zero-order chi connectivity index (χ0) is 19.9. The summed E-state index contributed by atoms with van der Waals surface area (Å²) < 4.78 is 0. The van der Waals surface area contributed by atoms with Gasteiger partial charge in [0.05, 0.1) is 11.4 Å². The molecule has 2 aromatic carbocycles. The summed E-state index contributed by atoms with van der Waals surface area (Å²) in [6.45, 7) is 0. The Morgan fingerprint density at radius 1 is 0.633 bits per heavy atom. The first-order chi connectivity index (χ1) is 13.9. The summed E-state index contributed by atoms with van der Waals surface area (Å²) in [6.07, 6.45) is 15.4. The zero-order valence-corrected chi connectivity index (χ0v) is 21.1. The third-order valence-electron chi connectivity index (χ3n) is 5.22. The van der Waals surface area contributed by atoms with Crippen molar-refractivity contribution in [3.05, 3.63) is 68.1 Å². The van der Waals surface area contributed by atoms with Crippen LogP contribution in [0.15, 0.2) is 70.6 Å². The summed E-state index contributed by atoms with van der Waals surface area (Å²) in [5.74, 6) is 1.02. The molecule has 2 aromatic rings. The van der Waals surface area contributed by atoms with E-state index in [-0.39, 0.29) is 24.5 Å². The van der Waals surface area contributed by atoms with E-state index in [1.54, 1.807) is 0 Å². The Labute approximate surface area is 208 Å². The van der Waals surface area contributed by atoms with Gasteiger partial charge < -0.3 is 7.43 Å². The van der Waals surface area contributed by atoms with Crippen LogP contribution in [0.4, 0.5) is 11.4 Å². The van der Waals surface area contributed by atoms with Crippen LogP contribution in [0.1, 0.15) is 51.4 Å². The number of nitrogens with zero attached hydrogens (tertiary/aromatic N) is 2. The molecule has 0 saturated heterocycles. The Kier molecular flexibility index (Phi) is 18.5. The molecule has 2 nitrogen and oxygen atoms in total. The third-order valence-corrected chi connectivity index (χ3v) is 5.22. The summed E-state index contributed by atoms with van der Waals surface area (Å²) in [5, 5.41) is 0. The molecule has 168 valence electrons. The molecular weight excluding hydrogens is 526 g/mol. The number of hydrogen-bond acceptors (Lipinski definition) is 2. The second-order valence-electron chi connectivity index (χ2n) is 7.25. The second-order valence-corrected chi connectivity index (χ2v) is 7.25. The van der Waals surface area contributed by atoms with Gasteiger partial charge in [0.15, 0.2) is 0 Å². The molecule has 2 aliphatic rings. The number of para-hydroxylation sites is 2. The van der Waals surface area contributed by atoms with E-state index >= 15 is 0 Å². The smallest absolute Gasteiger partial charge is 0 e. The number of hydrogen-bond donors (Lipinski definition) is 0. The van der Waals surface area contributed by atoms with E-state index in [0.717, 1.165) is 11.4 Å². The Morgan fingerprint density at radius 2 is 0.967 bits per heavy atom. The molecule has 0 aromatic heterocycles. The van der Waals surface area contributed by atoms with Crippen LogP contribution in [0.5, 0.6) is 0 Å². The van der Waals surface area contributed by atoms with E-state index in [4.69, 9.17) is 0 Å². The Balaban J connectivity index is 0.000000809. The molecule has 0 aliphatic heterocycles. The van der Waals surface area contributed by atoms with Gasteiger partial charge in [-0.3, -0.25) is 9.98 Å². The normalized spacial score (nSPS) is 19.8. The first-order valence-electron chi connectivity index (χ1n) is 10.2. The van der Waals surface area contributed by atoms with Crippen molar-refractivity contribution in [2.75, 3.05) is 0 Å². The van der Waals surface area contributed by atoms with E-state index in [1.165, 1.54) is 51.4 Å². The Bertz CT molecular complexity index is 628. The standard InChI is InChI=1S/C19H20N2.C5H10.CH3.ClH.Fe.Pd/c1-3-10-18(11-4-1)20-14-16-8-7-9-17(16)15-21-19-12-5-2-6-13-19;1-2-4-5-3-1;;;;/h1-6,10-17H,7-9H2;1-5H2;1H3;1H;;/q;;-1;;;+2/p-1. The quantitative estimate of drug-likeness (QED) is 0.205. The average Bonchev–Trinajstić information content (AvgIpc) is 3.49. The van der Waals surface area contributed by atoms with Gasteiger partial charge in [-0.15, -0.1) is 0 Å². The van der Waals surface area contributed by atoms with Gasteiger partial charge in [-0.25, -0.2) is 0 Å². The first-order valence-corrected chi connectivity index (χ1v) is 12.2. The van der Waals surface area contributed by atoms with Crippen LogP contribution in [0.3, 0.4) is 0 Å². The van der Waals surface area contributed by atoms with Crippen LogP contribution in [0.2, 0.25) is 0 Å². The van der Waals surface area contributed by atoms with Gasteiger partial charge in [-0.1, -0.05) is 74.9 Å². The van der Waals surface area contributed by atoms with Crippen molar-refractivity contribution in [1.29, 1.82) is 0 Å². The van der Waals surface area contributed by atoms with E-state index in [2.05, 4.69) is 50.1 Å².